The maximum absolute atomic E-state index is 13.0. The van der Waals surface area contributed by atoms with Gasteiger partial charge < -0.3 is 5.32 Å². The second kappa shape index (κ2) is 8.22. The highest BCUT2D eigenvalue weighted by Gasteiger charge is 2.36. The number of aromatic nitrogens is 1. The predicted octanol–water partition coefficient (Wildman–Crippen LogP) is 2.27. The second-order valence-electron chi connectivity index (χ2n) is 6.46. The Bertz CT molecular complexity index is 845. The van der Waals surface area contributed by atoms with Crippen molar-refractivity contribution in [2.75, 3.05) is 39.3 Å². The summed E-state index contributed by atoms with van der Waals surface area (Å²) in [4.78, 5) is 7.79. The summed E-state index contributed by atoms with van der Waals surface area (Å²) >= 11 is 2.90. The van der Waals surface area contributed by atoms with Gasteiger partial charge in [-0.25, -0.2) is 13.4 Å². The number of thiazole rings is 1. The van der Waals surface area contributed by atoms with Crippen LogP contribution in [0.25, 0.3) is 10.6 Å². The van der Waals surface area contributed by atoms with Gasteiger partial charge in [0.25, 0.3) is 10.0 Å². The lowest BCUT2D eigenvalue weighted by molar-refractivity contribution is 0.179. The minimum atomic E-state index is -3.41. The van der Waals surface area contributed by atoms with Crippen LogP contribution in [0.3, 0.4) is 0 Å². The highest BCUT2D eigenvalue weighted by molar-refractivity contribution is 7.91. The lowest BCUT2D eigenvalue weighted by atomic mass is 10.2. The molecule has 144 valence electrons. The zero-order chi connectivity index (χ0) is 17.4. The van der Waals surface area contributed by atoms with Crippen LogP contribution in [0, 0.1) is 6.92 Å². The van der Waals surface area contributed by atoms with Gasteiger partial charge >= 0.3 is 0 Å². The zero-order valence-corrected chi connectivity index (χ0v) is 17.8. The maximum atomic E-state index is 13.0. The lowest BCUT2D eigenvalue weighted by Crippen LogP contribution is -2.49. The Balaban J connectivity index is 0.00000196. The van der Waals surface area contributed by atoms with Gasteiger partial charge in [0, 0.05) is 50.7 Å². The van der Waals surface area contributed by atoms with Crippen molar-refractivity contribution >= 4 is 45.1 Å². The van der Waals surface area contributed by atoms with Gasteiger partial charge in [-0.15, -0.1) is 35.1 Å². The minimum Gasteiger partial charge on any atom is -0.314 e. The first-order valence-corrected chi connectivity index (χ1v) is 11.6. The largest absolute Gasteiger partial charge is 0.314 e. The smallest absolute Gasteiger partial charge is 0.252 e. The number of nitrogens with zero attached hydrogens (tertiary/aromatic N) is 3. The van der Waals surface area contributed by atoms with Crippen molar-refractivity contribution in [3.05, 3.63) is 22.5 Å². The van der Waals surface area contributed by atoms with Crippen molar-refractivity contribution in [2.45, 2.75) is 23.6 Å². The molecule has 1 atom stereocenters. The molecule has 0 aromatic carbocycles. The average molecular weight is 435 g/mol. The number of halogens is 1. The van der Waals surface area contributed by atoms with Crippen LogP contribution < -0.4 is 5.32 Å². The van der Waals surface area contributed by atoms with E-state index in [4.69, 9.17) is 0 Å². The number of rotatable bonds is 4. The summed E-state index contributed by atoms with van der Waals surface area (Å²) in [5, 5.41) is 6.32. The Hall–Kier alpha value is -0.550. The van der Waals surface area contributed by atoms with Crippen molar-refractivity contribution in [3.63, 3.8) is 0 Å². The van der Waals surface area contributed by atoms with E-state index in [-0.39, 0.29) is 12.4 Å². The highest BCUT2D eigenvalue weighted by Crippen LogP contribution is 2.34. The fraction of sp³-hybridized carbons (Fsp3) is 0.562. The lowest BCUT2D eigenvalue weighted by Gasteiger charge is -2.32. The molecular weight excluding hydrogens is 412 g/mol. The van der Waals surface area contributed by atoms with E-state index in [1.54, 1.807) is 21.7 Å². The summed E-state index contributed by atoms with van der Waals surface area (Å²) in [6.45, 7) is 7.16. The molecular formula is C16H23ClN4O2S3. The van der Waals surface area contributed by atoms with E-state index in [1.807, 2.05) is 18.4 Å². The van der Waals surface area contributed by atoms with E-state index in [0.717, 1.165) is 48.2 Å². The third-order valence-corrected chi connectivity index (χ3v) is 9.05. The van der Waals surface area contributed by atoms with Gasteiger partial charge in [-0.1, -0.05) is 0 Å². The molecule has 0 amide bonds. The molecule has 4 rings (SSSR count). The third kappa shape index (κ3) is 3.99. The van der Waals surface area contributed by atoms with Crippen LogP contribution in [0.5, 0.6) is 0 Å². The molecule has 0 saturated carbocycles. The van der Waals surface area contributed by atoms with E-state index < -0.39 is 10.0 Å². The fourth-order valence-electron chi connectivity index (χ4n) is 3.47. The van der Waals surface area contributed by atoms with Gasteiger partial charge in [-0.2, -0.15) is 4.31 Å². The third-order valence-electron chi connectivity index (χ3n) is 4.84. The number of thiophene rings is 1. The van der Waals surface area contributed by atoms with Crippen LogP contribution in [0.2, 0.25) is 0 Å². The normalized spacial score (nSPS) is 22.4. The monoisotopic (exact) mass is 434 g/mol. The SMILES string of the molecule is Cc1nc(-c2ccc(S(=O)(=O)N3CCC(N4CCNCC4)C3)s2)cs1.Cl. The Morgan fingerprint density at radius 3 is 2.69 bits per heavy atom. The van der Waals surface area contributed by atoms with Crippen LogP contribution in [0.15, 0.2) is 21.7 Å². The molecule has 2 aliphatic heterocycles. The molecule has 2 aromatic rings. The van der Waals surface area contributed by atoms with Gasteiger partial charge in [0.05, 0.1) is 15.6 Å². The fourth-order valence-corrected chi connectivity index (χ4v) is 7.08. The first-order chi connectivity index (χ1) is 12.0. The summed E-state index contributed by atoms with van der Waals surface area (Å²) in [5.41, 5.74) is 0.870. The molecule has 6 nitrogen and oxygen atoms in total. The molecule has 4 heterocycles. The van der Waals surface area contributed by atoms with Crippen LogP contribution in [0.1, 0.15) is 11.4 Å². The summed E-state index contributed by atoms with van der Waals surface area (Å²) in [5.74, 6) is 0. The molecule has 2 fully saturated rings. The predicted molar refractivity (Wildman–Crippen MR) is 109 cm³/mol. The van der Waals surface area contributed by atoms with Crippen molar-refractivity contribution in [2.24, 2.45) is 0 Å². The molecule has 26 heavy (non-hydrogen) atoms. The molecule has 2 aromatic heterocycles. The van der Waals surface area contributed by atoms with Crippen LogP contribution in [0.4, 0.5) is 0 Å². The minimum absolute atomic E-state index is 0. The van der Waals surface area contributed by atoms with Gasteiger partial charge in [0.15, 0.2) is 0 Å². The van der Waals surface area contributed by atoms with E-state index in [2.05, 4.69) is 15.2 Å². The van der Waals surface area contributed by atoms with Crippen LogP contribution in [-0.2, 0) is 10.0 Å². The van der Waals surface area contributed by atoms with E-state index in [0.29, 0.717) is 23.3 Å². The zero-order valence-electron chi connectivity index (χ0n) is 14.6. The number of hydrogen-bond acceptors (Lipinski definition) is 7. The summed E-state index contributed by atoms with van der Waals surface area (Å²) in [6.07, 6.45) is 0.919. The molecule has 2 aliphatic rings. The summed E-state index contributed by atoms with van der Waals surface area (Å²) in [7, 11) is -3.41. The van der Waals surface area contributed by atoms with Crippen molar-refractivity contribution in [1.82, 2.24) is 19.5 Å². The van der Waals surface area contributed by atoms with Gasteiger partial charge in [0.1, 0.15) is 4.21 Å². The standard InChI is InChI=1S/C16H22N4O2S3.ClH/c1-12-18-14(11-23-12)15-2-3-16(24-15)25(21,22)20-7-4-13(10-20)19-8-5-17-6-9-19;/h2-3,11,13,17H,4-10H2,1H3;1H. The first kappa shape index (κ1) is 20.2. The molecule has 0 spiro atoms. The van der Waals surface area contributed by atoms with E-state index >= 15 is 0 Å². The number of nitrogens with one attached hydrogen (secondary N) is 1. The van der Waals surface area contributed by atoms with Crippen molar-refractivity contribution < 1.29 is 8.42 Å². The Morgan fingerprint density at radius 2 is 2.00 bits per heavy atom. The Kier molecular flexibility index (Phi) is 6.38. The molecule has 1 N–H and O–H groups in total. The van der Waals surface area contributed by atoms with Crippen LogP contribution in [-0.4, -0.2) is 67.9 Å². The van der Waals surface area contributed by atoms with E-state index in [1.165, 1.54) is 11.3 Å². The maximum Gasteiger partial charge on any atom is 0.252 e. The van der Waals surface area contributed by atoms with Gasteiger partial charge in [-0.3, -0.25) is 4.90 Å². The number of hydrogen-bond donors (Lipinski definition) is 1. The molecule has 0 radical (unpaired) electrons. The van der Waals surface area contributed by atoms with Crippen molar-refractivity contribution in [1.29, 1.82) is 0 Å². The van der Waals surface area contributed by atoms with Crippen LogP contribution >= 0.6 is 35.1 Å². The average Bonchev–Trinajstić information content (AvgIpc) is 3.35. The second-order valence-corrected chi connectivity index (χ2v) is 10.8. The number of sulfonamides is 1. The molecule has 0 bridgehead atoms. The van der Waals surface area contributed by atoms with Crippen molar-refractivity contribution in [3.8, 4) is 10.6 Å². The number of piperazine rings is 1. The summed E-state index contributed by atoms with van der Waals surface area (Å²) in [6, 6.07) is 3.94. The highest BCUT2D eigenvalue weighted by atomic mass is 35.5. The molecule has 10 heteroatoms. The quantitative estimate of drug-likeness (QED) is 0.799. The topological polar surface area (TPSA) is 65.5 Å². The Morgan fingerprint density at radius 1 is 1.23 bits per heavy atom. The molecule has 1 unspecified atom stereocenters. The van der Waals surface area contributed by atoms with E-state index in [9.17, 15) is 8.42 Å². The number of aryl methyl sites for hydroxylation is 1. The summed E-state index contributed by atoms with van der Waals surface area (Å²) < 4.78 is 28.1. The Labute approximate surface area is 168 Å². The molecule has 2 saturated heterocycles. The van der Waals surface area contributed by atoms with Gasteiger partial charge in [0.2, 0.25) is 0 Å². The first-order valence-electron chi connectivity index (χ1n) is 8.51. The molecule has 0 aliphatic carbocycles. The van der Waals surface area contributed by atoms with Gasteiger partial charge in [-0.05, 0) is 25.5 Å².